The van der Waals surface area contributed by atoms with E-state index in [0.29, 0.717) is 5.56 Å². The molecular weight excluding hydrogens is 250 g/mol. The number of aliphatic hydroxyl groups excluding tert-OH is 1. The summed E-state index contributed by atoms with van der Waals surface area (Å²) in [6, 6.07) is 8.10. The number of benzene rings is 1. The molecule has 19 heavy (non-hydrogen) atoms. The van der Waals surface area contributed by atoms with E-state index in [1.807, 2.05) is 6.07 Å². The fourth-order valence-corrected chi connectivity index (χ4v) is 1.27. The fraction of sp³-hybridized carbons (Fsp3) is 0.250. The molecule has 1 rings (SSSR count). The molecule has 0 aromatic heterocycles. The highest BCUT2D eigenvalue weighted by Gasteiger charge is 2.13. The van der Waals surface area contributed by atoms with E-state index in [1.54, 1.807) is 24.3 Å². The van der Waals surface area contributed by atoms with E-state index in [9.17, 15) is 9.59 Å². The first-order valence-electron chi connectivity index (χ1n) is 5.44. The van der Waals surface area contributed by atoms with Crippen LogP contribution in [-0.4, -0.2) is 34.9 Å². The summed E-state index contributed by atoms with van der Waals surface area (Å²) in [4.78, 5) is 21.6. The number of amides is 2. The number of nitrogens with zero attached hydrogens (tertiary/aromatic N) is 1. The Balaban J connectivity index is 2.38. The number of nitrogens with one attached hydrogen (secondary N) is 2. The van der Waals surface area contributed by atoms with E-state index in [2.05, 4.69) is 10.6 Å². The minimum atomic E-state index is -1.63. The summed E-state index contributed by atoms with van der Waals surface area (Å²) >= 11 is 0. The molecule has 4 N–H and O–H groups in total. The SMILES string of the molecule is N#Cc1cccc(CNC(=O)NCC(O)C(=O)O)c1. The van der Waals surface area contributed by atoms with Crippen LogP contribution in [0.2, 0.25) is 0 Å². The molecule has 1 aromatic rings. The quantitative estimate of drug-likeness (QED) is 0.586. The molecule has 0 saturated carbocycles. The zero-order valence-corrected chi connectivity index (χ0v) is 9.96. The Morgan fingerprint density at radius 3 is 2.74 bits per heavy atom. The highest BCUT2D eigenvalue weighted by atomic mass is 16.4. The van der Waals surface area contributed by atoms with Gasteiger partial charge in [-0.15, -0.1) is 0 Å². The number of aliphatic hydroxyl groups is 1. The minimum absolute atomic E-state index is 0.199. The highest BCUT2D eigenvalue weighted by Crippen LogP contribution is 2.03. The Morgan fingerprint density at radius 1 is 1.37 bits per heavy atom. The third-order valence-electron chi connectivity index (χ3n) is 2.25. The van der Waals surface area contributed by atoms with Crippen LogP contribution in [0.3, 0.4) is 0 Å². The van der Waals surface area contributed by atoms with Crippen LogP contribution < -0.4 is 10.6 Å². The highest BCUT2D eigenvalue weighted by molar-refractivity contribution is 5.76. The van der Waals surface area contributed by atoms with Crippen molar-refractivity contribution < 1.29 is 19.8 Å². The molecule has 0 fully saturated rings. The second-order valence-corrected chi connectivity index (χ2v) is 3.73. The van der Waals surface area contributed by atoms with E-state index in [0.717, 1.165) is 5.56 Å². The van der Waals surface area contributed by atoms with Gasteiger partial charge in [-0.3, -0.25) is 0 Å². The van der Waals surface area contributed by atoms with Crippen molar-refractivity contribution in [3.8, 4) is 6.07 Å². The number of urea groups is 1. The van der Waals surface area contributed by atoms with Crippen molar-refractivity contribution in [3.63, 3.8) is 0 Å². The monoisotopic (exact) mass is 263 g/mol. The van der Waals surface area contributed by atoms with Crippen LogP contribution in [0.15, 0.2) is 24.3 Å². The van der Waals surface area contributed by atoms with Crippen LogP contribution >= 0.6 is 0 Å². The number of carboxylic acids is 1. The van der Waals surface area contributed by atoms with Crippen molar-refractivity contribution in [2.75, 3.05) is 6.54 Å². The molecule has 100 valence electrons. The number of nitriles is 1. The van der Waals surface area contributed by atoms with Gasteiger partial charge in [-0.05, 0) is 17.7 Å². The van der Waals surface area contributed by atoms with Crippen molar-refractivity contribution in [1.82, 2.24) is 10.6 Å². The lowest BCUT2D eigenvalue weighted by Gasteiger charge is -2.09. The summed E-state index contributed by atoms with van der Waals surface area (Å²) in [5.74, 6) is -1.40. The van der Waals surface area contributed by atoms with Gasteiger partial charge in [0.15, 0.2) is 6.10 Å². The molecule has 0 spiro atoms. The van der Waals surface area contributed by atoms with Crippen LogP contribution in [0.1, 0.15) is 11.1 Å². The van der Waals surface area contributed by atoms with E-state index in [-0.39, 0.29) is 13.1 Å². The molecular formula is C12H13N3O4. The van der Waals surface area contributed by atoms with E-state index in [4.69, 9.17) is 15.5 Å². The maximum Gasteiger partial charge on any atom is 0.334 e. The number of hydrogen-bond acceptors (Lipinski definition) is 4. The van der Waals surface area contributed by atoms with Gasteiger partial charge in [0.25, 0.3) is 0 Å². The van der Waals surface area contributed by atoms with E-state index >= 15 is 0 Å². The first-order chi connectivity index (χ1) is 9.02. The van der Waals surface area contributed by atoms with Crippen LogP contribution in [-0.2, 0) is 11.3 Å². The molecule has 0 aliphatic heterocycles. The fourth-order valence-electron chi connectivity index (χ4n) is 1.27. The zero-order chi connectivity index (χ0) is 14.3. The lowest BCUT2D eigenvalue weighted by molar-refractivity contribution is -0.146. The van der Waals surface area contributed by atoms with Crippen LogP contribution in [0.5, 0.6) is 0 Å². The second-order valence-electron chi connectivity index (χ2n) is 3.73. The maximum absolute atomic E-state index is 11.3. The third kappa shape index (κ3) is 5.06. The summed E-state index contributed by atoms with van der Waals surface area (Å²) in [7, 11) is 0. The Bertz CT molecular complexity index is 510. The lowest BCUT2D eigenvalue weighted by atomic mass is 10.1. The van der Waals surface area contributed by atoms with Crippen LogP contribution in [0.4, 0.5) is 4.79 Å². The Hall–Kier alpha value is -2.59. The van der Waals surface area contributed by atoms with Gasteiger partial charge >= 0.3 is 12.0 Å². The number of rotatable bonds is 5. The molecule has 0 radical (unpaired) electrons. The molecule has 0 aliphatic carbocycles. The predicted octanol–water partition coefficient (Wildman–Crippen LogP) is -0.197. The average Bonchev–Trinajstić information content (AvgIpc) is 2.42. The van der Waals surface area contributed by atoms with Gasteiger partial charge in [-0.1, -0.05) is 12.1 Å². The summed E-state index contributed by atoms with van der Waals surface area (Å²) in [6.07, 6.45) is -1.63. The smallest absolute Gasteiger partial charge is 0.334 e. The molecule has 7 nitrogen and oxygen atoms in total. The molecule has 0 bridgehead atoms. The molecule has 0 saturated heterocycles. The maximum atomic E-state index is 11.3. The Morgan fingerprint density at radius 2 is 2.11 bits per heavy atom. The summed E-state index contributed by atoms with van der Waals surface area (Å²) in [5.41, 5.74) is 1.23. The number of carboxylic acid groups (broad SMARTS) is 1. The molecule has 7 heteroatoms. The van der Waals surface area contributed by atoms with Crippen molar-refractivity contribution in [2.24, 2.45) is 0 Å². The van der Waals surface area contributed by atoms with Crippen molar-refractivity contribution in [1.29, 1.82) is 5.26 Å². The number of carbonyl (C=O) groups is 2. The normalized spacial score (nSPS) is 11.2. The summed E-state index contributed by atoms with van der Waals surface area (Å²) in [6.45, 7) is -0.177. The number of aliphatic carboxylic acids is 1. The largest absolute Gasteiger partial charge is 0.479 e. The zero-order valence-electron chi connectivity index (χ0n) is 9.96. The van der Waals surface area contributed by atoms with Gasteiger partial charge in [0.2, 0.25) is 0 Å². The van der Waals surface area contributed by atoms with E-state index in [1.165, 1.54) is 0 Å². The lowest BCUT2D eigenvalue weighted by Crippen LogP contribution is -2.41. The second kappa shape index (κ2) is 6.98. The van der Waals surface area contributed by atoms with Gasteiger partial charge in [0, 0.05) is 6.54 Å². The molecule has 1 aromatic carbocycles. The van der Waals surface area contributed by atoms with Crippen molar-refractivity contribution >= 4 is 12.0 Å². The van der Waals surface area contributed by atoms with Crippen molar-refractivity contribution in [2.45, 2.75) is 12.6 Å². The number of carbonyl (C=O) groups excluding carboxylic acids is 1. The van der Waals surface area contributed by atoms with Crippen molar-refractivity contribution in [3.05, 3.63) is 35.4 Å². The minimum Gasteiger partial charge on any atom is -0.479 e. The Kier molecular flexibility index (Phi) is 5.32. The van der Waals surface area contributed by atoms with Crippen LogP contribution in [0, 0.1) is 11.3 Å². The van der Waals surface area contributed by atoms with Gasteiger partial charge < -0.3 is 20.8 Å². The standard InChI is InChI=1S/C12H13N3O4/c13-5-8-2-1-3-9(4-8)6-14-12(19)15-7-10(16)11(17)18/h1-4,10,16H,6-7H2,(H,17,18)(H2,14,15,19). The van der Waals surface area contributed by atoms with E-state index < -0.39 is 18.1 Å². The van der Waals surface area contributed by atoms with Gasteiger partial charge in [-0.2, -0.15) is 5.26 Å². The average molecular weight is 263 g/mol. The predicted molar refractivity (Wildman–Crippen MR) is 65.0 cm³/mol. The van der Waals surface area contributed by atoms with Crippen LogP contribution in [0.25, 0.3) is 0 Å². The van der Waals surface area contributed by atoms with Gasteiger partial charge in [-0.25, -0.2) is 9.59 Å². The topological polar surface area (TPSA) is 122 Å². The Labute approximate surface area is 109 Å². The molecule has 1 atom stereocenters. The van der Waals surface area contributed by atoms with Gasteiger partial charge in [0.1, 0.15) is 0 Å². The number of hydrogen-bond donors (Lipinski definition) is 4. The molecule has 0 aliphatic rings. The first-order valence-corrected chi connectivity index (χ1v) is 5.44. The molecule has 0 heterocycles. The summed E-state index contributed by atoms with van der Waals surface area (Å²) in [5, 5.41) is 30.8. The van der Waals surface area contributed by atoms with Gasteiger partial charge in [0.05, 0.1) is 18.2 Å². The third-order valence-corrected chi connectivity index (χ3v) is 2.25. The molecule has 1 unspecified atom stereocenters. The first kappa shape index (κ1) is 14.5. The summed E-state index contributed by atoms with van der Waals surface area (Å²) < 4.78 is 0. The molecule has 2 amide bonds.